The van der Waals surface area contributed by atoms with Crippen LogP contribution in [0.4, 0.5) is 4.39 Å². The monoisotopic (exact) mass is 476 g/mol. The number of hydrogen-bond donors (Lipinski definition) is 1. The summed E-state index contributed by atoms with van der Waals surface area (Å²) in [6, 6.07) is 24.9. The van der Waals surface area contributed by atoms with E-state index in [0.717, 1.165) is 26.4 Å². The van der Waals surface area contributed by atoms with Crippen LogP contribution in [-0.2, 0) is 6.61 Å². The van der Waals surface area contributed by atoms with Crippen LogP contribution in [0.25, 0.3) is 10.8 Å². The number of rotatable bonds is 6. The molecule has 0 saturated heterocycles. The topological polar surface area (TPSA) is 50.7 Å². The zero-order chi connectivity index (χ0) is 21.6. The lowest BCUT2D eigenvalue weighted by Crippen LogP contribution is -2.17. The number of amides is 1. The molecule has 0 saturated carbocycles. The van der Waals surface area contributed by atoms with E-state index in [1.54, 1.807) is 36.5 Å². The molecule has 1 amide bonds. The molecule has 0 unspecified atom stereocenters. The highest BCUT2D eigenvalue weighted by Crippen LogP contribution is 2.27. The van der Waals surface area contributed by atoms with Crippen molar-refractivity contribution in [1.29, 1.82) is 0 Å². The Hall–Kier alpha value is -3.51. The van der Waals surface area contributed by atoms with E-state index in [2.05, 4.69) is 26.5 Å². The van der Waals surface area contributed by atoms with Crippen molar-refractivity contribution in [2.75, 3.05) is 0 Å². The second kappa shape index (κ2) is 9.53. The molecule has 154 valence electrons. The number of benzene rings is 4. The van der Waals surface area contributed by atoms with Gasteiger partial charge in [-0.15, -0.1) is 0 Å². The third-order valence-corrected chi connectivity index (χ3v) is 5.18. The van der Waals surface area contributed by atoms with E-state index in [-0.39, 0.29) is 18.3 Å². The van der Waals surface area contributed by atoms with E-state index in [4.69, 9.17) is 4.74 Å². The number of carbonyl (C=O) groups excluding carboxylic acids is 1. The first-order valence-electron chi connectivity index (χ1n) is 9.58. The molecule has 4 aromatic rings. The van der Waals surface area contributed by atoms with Gasteiger partial charge in [-0.05, 0) is 52.7 Å². The summed E-state index contributed by atoms with van der Waals surface area (Å²) < 4.78 is 20.0. The van der Waals surface area contributed by atoms with Gasteiger partial charge < -0.3 is 4.74 Å². The highest BCUT2D eigenvalue weighted by molar-refractivity contribution is 9.10. The van der Waals surface area contributed by atoms with Crippen LogP contribution in [0.15, 0.2) is 94.5 Å². The van der Waals surface area contributed by atoms with Gasteiger partial charge in [0.05, 0.1) is 6.21 Å². The fraction of sp³-hybridized carbons (Fsp3) is 0.0400. The number of nitrogens with zero attached hydrogens (tertiary/aromatic N) is 1. The molecule has 0 spiro atoms. The van der Waals surface area contributed by atoms with E-state index in [9.17, 15) is 9.18 Å². The average molecular weight is 477 g/mol. The Morgan fingerprint density at radius 2 is 1.81 bits per heavy atom. The molecule has 0 aliphatic carbocycles. The van der Waals surface area contributed by atoms with Crippen LogP contribution in [0.3, 0.4) is 0 Å². The molecule has 31 heavy (non-hydrogen) atoms. The maximum absolute atomic E-state index is 13.1. The van der Waals surface area contributed by atoms with Crippen molar-refractivity contribution in [3.05, 3.63) is 112 Å². The van der Waals surface area contributed by atoms with Gasteiger partial charge in [-0.3, -0.25) is 4.79 Å². The van der Waals surface area contributed by atoms with Crippen LogP contribution in [0, 0.1) is 5.82 Å². The highest BCUT2D eigenvalue weighted by Gasteiger charge is 2.09. The molecular weight excluding hydrogens is 459 g/mol. The summed E-state index contributed by atoms with van der Waals surface area (Å²) in [7, 11) is 0. The second-order valence-corrected chi connectivity index (χ2v) is 7.74. The van der Waals surface area contributed by atoms with Gasteiger partial charge in [-0.1, -0.05) is 64.5 Å². The van der Waals surface area contributed by atoms with Crippen molar-refractivity contribution in [2.45, 2.75) is 6.61 Å². The normalized spacial score (nSPS) is 11.0. The van der Waals surface area contributed by atoms with Gasteiger partial charge >= 0.3 is 0 Å². The summed E-state index contributed by atoms with van der Waals surface area (Å²) in [5, 5.41) is 6.12. The maximum atomic E-state index is 13.1. The van der Waals surface area contributed by atoms with Crippen LogP contribution >= 0.6 is 15.9 Å². The molecule has 0 bridgehead atoms. The highest BCUT2D eigenvalue weighted by atomic mass is 79.9. The van der Waals surface area contributed by atoms with E-state index in [1.165, 1.54) is 12.1 Å². The fourth-order valence-electron chi connectivity index (χ4n) is 3.13. The second-order valence-electron chi connectivity index (χ2n) is 6.82. The van der Waals surface area contributed by atoms with Crippen LogP contribution in [0.1, 0.15) is 21.5 Å². The lowest BCUT2D eigenvalue weighted by Gasteiger charge is -2.12. The van der Waals surface area contributed by atoms with Crippen molar-refractivity contribution in [2.24, 2.45) is 5.10 Å². The predicted molar refractivity (Wildman–Crippen MR) is 124 cm³/mol. The first kappa shape index (κ1) is 20.8. The first-order valence-corrected chi connectivity index (χ1v) is 10.4. The molecule has 6 heteroatoms. The van der Waals surface area contributed by atoms with Crippen LogP contribution in [-0.4, -0.2) is 12.1 Å². The zero-order valence-electron chi connectivity index (χ0n) is 16.4. The summed E-state index contributed by atoms with van der Waals surface area (Å²) in [4.78, 5) is 12.4. The van der Waals surface area contributed by atoms with Crippen LogP contribution in [0.2, 0.25) is 0 Å². The van der Waals surface area contributed by atoms with E-state index in [0.29, 0.717) is 11.3 Å². The van der Waals surface area contributed by atoms with Gasteiger partial charge in [-0.2, -0.15) is 5.10 Å². The molecular formula is C25H18BrFN2O2. The van der Waals surface area contributed by atoms with Gasteiger partial charge in [-0.25, -0.2) is 9.82 Å². The molecule has 0 aromatic heterocycles. The number of halogens is 2. The van der Waals surface area contributed by atoms with Crippen molar-refractivity contribution in [3.8, 4) is 5.75 Å². The van der Waals surface area contributed by atoms with Gasteiger partial charge in [0.2, 0.25) is 0 Å². The SMILES string of the molecule is O=C(NN=Cc1c(OCc2ccc(F)cc2)ccc2ccccc12)c1cccc(Br)c1. The number of ether oxygens (including phenoxy) is 1. The molecule has 0 aliphatic rings. The average Bonchev–Trinajstić information content (AvgIpc) is 2.79. The third kappa shape index (κ3) is 5.16. The number of carbonyl (C=O) groups is 1. The molecule has 4 rings (SSSR count). The predicted octanol–water partition coefficient (Wildman–Crippen LogP) is 6.08. The van der Waals surface area contributed by atoms with Gasteiger partial charge in [0.15, 0.2) is 0 Å². The number of hydrazone groups is 1. The van der Waals surface area contributed by atoms with Crippen molar-refractivity contribution in [1.82, 2.24) is 5.43 Å². The Morgan fingerprint density at radius 1 is 1.00 bits per heavy atom. The number of fused-ring (bicyclic) bond motifs is 1. The molecule has 0 atom stereocenters. The molecule has 1 N–H and O–H groups in total. The van der Waals surface area contributed by atoms with Gasteiger partial charge in [0, 0.05) is 15.6 Å². The summed E-state index contributed by atoms with van der Waals surface area (Å²) >= 11 is 3.36. The summed E-state index contributed by atoms with van der Waals surface area (Å²) in [6.45, 7) is 0.282. The van der Waals surface area contributed by atoms with E-state index < -0.39 is 0 Å². The minimum Gasteiger partial charge on any atom is -0.488 e. The largest absolute Gasteiger partial charge is 0.488 e. The number of nitrogens with one attached hydrogen (secondary N) is 1. The van der Waals surface area contributed by atoms with Crippen LogP contribution in [0.5, 0.6) is 5.75 Å². The van der Waals surface area contributed by atoms with E-state index >= 15 is 0 Å². The Bertz CT molecular complexity index is 1260. The Kier molecular flexibility index (Phi) is 6.38. The van der Waals surface area contributed by atoms with Crippen molar-refractivity contribution in [3.63, 3.8) is 0 Å². The van der Waals surface area contributed by atoms with Gasteiger partial charge in [0.1, 0.15) is 18.2 Å². The Balaban J connectivity index is 1.58. The molecule has 4 nitrogen and oxygen atoms in total. The maximum Gasteiger partial charge on any atom is 0.271 e. The smallest absolute Gasteiger partial charge is 0.271 e. The summed E-state index contributed by atoms with van der Waals surface area (Å²) in [6.07, 6.45) is 1.58. The van der Waals surface area contributed by atoms with E-state index in [1.807, 2.05) is 42.5 Å². The quantitative estimate of drug-likeness (QED) is 0.270. The molecule has 4 aromatic carbocycles. The van der Waals surface area contributed by atoms with Crippen molar-refractivity contribution < 1.29 is 13.9 Å². The minimum atomic E-state index is -0.313. The van der Waals surface area contributed by atoms with Crippen LogP contribution < -0.4 is 10.2 Å². The minimum absolute atomic E-state index is 0.282. The molecule has 0 heterocycles. The molecule has 0 radical (unpaired) electrons. The lowest BCUT2D eigenvalue weighted by molar-refractivity contribution is 0.0955. The lowest BCUT2D eigenvalue weighted by atomic mass is 10.0. The fourth-order valence-corrected chi connectivity index (χ4v) is 3.53. The Morgan fingerprint density at radius 3 is 2.61 bits per heavy atom. The van der Waals surface area contributed by atoms with Crippen molar-refractivity contribution >= 4 is 38.8 Å². The van der Waals surface area contributed by atoms with Gasteiger partial charge in [0.25, 0.3) is 5.91 Å². The zero-order valence-corrected chi connectivity index (χ0v) is 18.0. The Labute approximate surface area is 187 Å². The summed E-state index contributed by atoms with van der Waals surface area (Å²) in [5.74, 6) is 0.0125. The molecule has 0 fully saturated rings. The third-order valence-electron chi connectivity index (χ3n) is 4.68. The summed E-state index contributed by atoms with van der Waals surface area (Å²) in [5.41, 5.74) is 4.65. The number of hydrogen-bond acceptors (Lipinski definition) is 3. The molecule has 0 aliphatic heterocycles. The first-order chi connectivity index (χ1) is 15.1. The standard InChI is InChI=1S/C25H18BrFN2O2/c26-20-6-3-5-19(14-20)25(30)29-28-15-23-22-7-2-1-4-18(22)10-13-24(23)31-16-17-8-11-21(27)12-9-17/h1-15H,16H2,(H,29,30).